The lowest BCUT2D eigenvalue weighted by Gasteiger charge is -2.28. The third-order valence-corrected chi connectivity index (χ3v) is 3.73. The van der Waals surface area contributed by atoms with Gasteiger partial charge in [-0.15, -0.1) is 0 Å². The van der Waals surface area contributed by atoms with Gasteiger partial charge >= 0.3 is 0 Å². The van der Waals surface area contributed by atoms with Crippen LogP contribution in [-0.2, 0) is 6.42 Å². The van der Waals surface area contributed by atoms with Crippen LogP contribution < -0.4 is 0 Å². The molecule has 2 aromatic heterocycles. The Labute approximate surface area is 112 Å². The highest BCUT2D eigenvalue weighted by Gasteiger charge is 2.19. The van der Waals surface area contributed by atoms with Crippen molar-refractivity contribution in [2.24, 2.45) is 5.92 Å². The zero-order chi connectivity index (χ0) is 13.2. The minimum Gasteiger partial charge on any atom is -0.306 e. The van der Waals surface area contributed by atoms with Gasteiger partial charge in [0.15, 0.2) is 11.5 Å². The maximum Gasteiger partial charge on any atom is 0.156 e. The Morgan fingerprint density at radius 1 is 1.53 bits per heavy atom. The Bertz CT molecular complexity index is 592. The minimum absolute atomic E-state index is 0.640. The minimum atomic E-state index is 0.640. The lowest BCUT2D eigenvalue weighted by atomic mass is 9.95. The molecule has 5 heteroatoms. The van der Waals surface area contributed by atoms with Crippen LogP contribution in [0.2, 0.25) is 0 Å². The number of aldehydes is 1. The van der Waals surface area contributed by atoms with Gasteiger partial charge in [0.25, 0.3) is 0 Å². The van der Waals surface area contributed by atoms with Crippen molar-refractivity contribution in [1.82, 2.24) is 19.5 Å². The van der Waals surface area contributed by atoms with E-state index in [0.717, 1.165) is 30.7 Å². The summed E-state index contributed by atoms with van der Waals surface area (Å²) in [6, 6.07) is 3.53. The first kappa shape index (κ1) is 12.3. The molecule has 1 saturated heterocycles. The maximum atomic E-state index is 10.7. The van der Waals surface area contributed by atoms with Gasteiger partial charge in [-0.05, 0) is 44.5 Å². The number of hydrogen-bond acceptors (Lipinski definition) is 4. The molecule has 1 aliphatic rings. The van der Waals surface area contributed by atoms with Gasteiger partial charge in [-0.2, -0.15) is 5.10 Å². The molecule has 0 N–H and O–H groups in total. The Balaban J connectivity index is 1.79. The summed E-state index contributed by atoms with van der Waals surface area (Å²) in [6.07, 6.45) is 6.05. The van der Waals surface area contributed by atoms with Crippen molar-refractivity contribution < 1.29 is 4.79 Å². The molecular weight excluding hydrogens is 240 g/mol. The molecule has 5 nitrogen and oxygen atoms in total. The number of pyridine rings is 1. The largest absolute Gasteiger partial charge is 0.306 e. The van der Waals surface area contributed by atoms with E-state index >= 15 is 0 Å². The predicted octanol–water partition coefficient (Wildman–Crippen LogP) is 1.43. The number of likely N-dealkylation sites (tertiary alicyclic amines) is 1. The predicted molar refractivity (Wildman–Crippen MR) is 72.3 cm³/mol. The highest BCUT2D eigenvalue weighted by atomic mass is 16.1. The molecule has 3 heterocycles. The van der Waals surface area contributed by atoms with Gasteiger partial charge in [-0.1, -0.05) is 0 Å². The number of carbonyl (C=O) groups excluding carboxylic acids is 1. The number of aromatic nitrogens is 3. The van der Waals surface area contributed by atoms with Crippen molar-refractivity contribution in [1.29, 1.82) is 0 Å². The van der Waals surface area contributed by atoms with Gasteiger partial charge in [-0.25, -0.2) is 9.50 Å². The molecule has 0 radical (unpaired) electrons. The summed E-state index contributed by atoms with van der Waals surface area (Å²) in [7, 11) is 2.17. The fraction of sp³-hybridized carbons (Fsp3) is 0.500. The summed E-state index contributed by atoms with van der Waals surface area (Å²) in [5.74, 6) is 1.52. The molecular formula is C14H18N4O. The molecule has 0 saturated carbocycles. The Hall–Kier alpha value is -1.75. The lowest BCUT2D eigenvalue weighted by molar-refractivity contribution is 0.112. The van der Waals surface area contributed by atoms with Gasteiger partial charge < -0.3 is 4.90 Å². The molecule has 1 unspecified atom stereocenters. The van der Waals surface area contributed by atoms with Crippen LogP contribution in [0.3, 0.4) is 0 Å². The number of fused-ring (bicyclic) bond motifs is 1. The molecule has 100 valence electrons. The molecule has 1 aliphatic heterocycles. The van der Waals surface area contributed by atoms with E-state index in [0.29, 0.717) is 11.5 Å². The summed E-state index contributed by atoms with van der Waals surface area (Å²) in [4.78, 5) is 17.6. The SMILES string of the molecule is CN1CCCC(Cc2nc3cc(C=O)ccn3n2)C1. The standard InChI is InChI=1S/C14H18N4O/c1-17-5-2-3-11(9-17)7-13-15-14-8-12(10-19)4-6-18(14)16-13/h4,6,8,10-11H,2-3,5,7,9H2,1H3. The van der Waals surface area contributed by atoms with E-state index < -0.39 is 0 Å². The summed E-state index contributed by atoms with van der Waals surface area (Å²) in [5, 5.41) is 4.48. The van der Waals surface area contributed by atoms with Crippen LogP contribution >= 0.6 is 0 Å². The van der Waals surface area contributed by atoms with Crippen molar-refractivity contribution >= 4 is 11.9 Å². The molecule has 0 aliphatic carbocycles. The zero-order valence-electron chi connectivity index (χ0n) is 11.1. The van der Waals surface area contributed by atoms with Gasteiger partial charge in [0, 0.05) is 24.7 Å². The fourth-order valence-corrected chi connectivity index (χ4v) is 2.80. The average Bonchev–Trinajstić information content (AvgIpc) is 2.79. The second-order valence-corrected chi connectivity index (χ2v) is 5.38. The highest BCUT2D eigenvalue weighted by molar-refractivity contribution is 5.76. The third-order valence-electron chi connectivity index (χ3n) is 3.73. The maximum absolute atomic E-state index is 10.7. The zero-order valence-corrected chi connectivity index (χ0v) is 11.1. The molecule has 0 amide bonds. The van der Waals surface area contributed by atoms with Gasteiger partial charge in [0.1, 0.15) is 6.29 Å². The Morgan fingerprint density at radius 2 is 2.42 bits per heavy atom. The second-order valence-electron chi connectivity index (χ2n) is 5.38. The van der Waals surface area contributed by atoms with Crippen LogP contribution in [0.15, 0.2) is 18.3 Å². The second kappa shape index (κ2) is 5.09. The normalized spacial score (nSPS) is 20.8. The number of rotatable bonds is 3. The average molecular weight is 258 g/mol. The fourth-order valence-electron chi connectivity index (χ4n) is 2.80. The topological polar surface area (TPSA) is 50.5 Å². The first-order valence-corrected chi connectivity index (χ1v) is 6.73. The van der Waals surface area contributed by atoms with Crippen LogP contribution in [-0.4, -0.2) is 45.9 Å². The van der Waals surface area contributed by atoms with E-state index in [9.17, 15) is 4.79 Å². The smallest absolute Gasteiger partial charge is 0.156 e. The van der Waals surface area contributed by atoms with E-state index in [1.807, 2.05) is 0 Å². The van der Waals surface area contributed by atoms with Crippen molar-refractivity contribution in [2.45, 2.75) is 19.3 Å². The monoisotopic (exact) mass is 258 g/mol. The molecule has 0 aromatic carbocycles. The summed E-state index contributed by atoms with van der Waals surface area (Å²) in [5.41, 5.74) is 1.40. The lowest BCUT2D eigenvalue weighted by Crippen LogP contribution is -2.33. The van der Waals surface area contributed by atoms with E-state index in [-0.39, 0.29) is 0 Å². The molecule has 1 fully saturated rings. The number of hydrogen-bond donors (Lipinski definition) is 0. The summed E-state index contributed by atoms with van der Waals surface area (Å²) >= 11 is 0. The molecule has 1 atom stereocenters. The molecule has 19 heavy (non-hydrogen) atoms. The van der Waals surface area contributed by atoms with E-state index in [2.05, 4.69) is 22.0 Å². The first-order chi connectivity index (χ1) is 9.24. The summed E-state index contributed by atoms with van der Waals surface area (Å²) in [6.45, 7) is 2.31. The van der Waals surface area contributed by atoms with Crippen LogP contribution in [0.5, 0.6) is 0 Å². The Morgan fingerprint density at radius 3 is 3.21 bits per heavy atom. The van der Waals surface area contributed by atoms with E-state index in [1.54, 1.807) is 22.8 Å². The van der Waals surface area contributed by atoms with Crippen molar-refractivity contribution in [3.8, 4) is 0 Å². The summed E-state index contributed by atoms with van der Waals surface area (Å²) < 4.78 is 1.74. The van der Waals surface area contributed by atoms with E-state index in [1.165, 1.54) is 19.4 Å². The van der Waals surface area contributed by atoms with Gasteiger partial charge in [0.2, 0.25) is 0 Å². The van der Waals surface area contributed by atoms with Crippen LogP contribution in [0.1, 0.15) is 29.0 Å². The van der Waals surface area contributed by atoms with Crippen LogP contribution in [0.4, 0.5) is 0 Å². The Kier molecular flexibility index (Phi) is 3.29. The van der Waals surface area contributed by atoms with Gasteiger partial charge in [-0.3, -0.25) is 4.79 Å². The number of carbonyl (C=O) groups is 1. The van der Waals surface area contributed by atoms with Crippen molar-refractivity contribution in [3.63, 3.8) is 0 Å². The molecule has 2 aromatic rings. The third kappa shape index (κ3) is 2.66. The van der Waals surface area contributed by atoms with Crippen molar-refractivity contribution in [2.75, 3.05) is 20.1 Å². The number of piperidine rings is 1. The molecule has 0 bridgehead atoms. The highest BCUT2D eigenvalue weighted by Crippen LogP contribution is 2.18. The van der Waals surface area contributed by atoms with E-state index in [4.69, 9.17) is 0 Å². The number of nitrogens with zero attached hydrogens (tertiary/aromatic N) is 4. The quantitative estimate of drug-likeness (QED) is 0.781. The van der Waals surface area contributed by atoms with Crippen LogP contribution in [0, 0.1) is 5.92 Å². The first-order valence-electron chi connectivity index (χ1n) is 6.73. The molecule has 3 rings (SSSR count). The van der Waals surface area contributed by atoms with Crippen LogP contribution in [0.25, 0.3) is 5.65 Å². The molecule has 0 spiro atoms. The van der Waals surface area contributed by atoms with Crippen molar-refractivity contribution in [3.05, 3.63) is 29.7 Å². The van der Waals surface area contributed by atoms with Gasteiger partial charge in [0.05, 0.1) is 0 Å².